The van der Waals surface area contributed by atoms with Gasteiger partial charge in [0.1, 0.15) is 0 Å². The minimum atomic E-state index is -0.358. The summed E-state index contributed by atoms with van der Waals surface area (Å²) >= 11 is 1.74. The average molecular weight is 450 g/mol. The molecule has 3 heterocycles. The van der Waals surface area contributed by atoms with E-state index in [1.54, 1.807) is 11.8 Å². The van der Waals surface area contributed by atoms with Gasteiger partial charge in [0, 0.05) is 37.6 Å². The van der Waals surface area contributed by atoms with Gasteiger partial charge >= 0.3 is 0 Å². The molecule has 5 nitrogen and oxygen atoms in total. The average Bonchev–Trinajstić information content (AvgIpc) is 3.21. The van der Waals surface area contributed by atoms with Crippen molar-refractivity contribution in [1.82, 2.24) is 14.5 Å². The molecule has 6 heteroatoms. The van der Waals surface area contributed by atoms with E-state index >= 15 is 0 Å². The Kier molecular flexibility index (Phi) is 7.27. The first-order valence-electron chi connectivity index (χ1n) is 11.9. The lowest BCUT2D eigenvalue weighted by molar-refractivity contribution is 0.230. The van der Waals surface area contributed by atoms with Crippen LogP contribution in [-0.2, 0) is 6.54 Å². The molecule has 0 aliphatic carbocycles. The quantitative estimate of drug-likeness (QED) is 0.520. The van der Waals surface area contributed by atoms with Gasteiger partial charge in [-0.3, -0.25) is 4.90 Å². The molecular weight excluding hydrogens is 414 g/mol. The molecule has 0 radical (unpaired) electrons. The molecule has 1 aromatic heterocycles. The van der Waals surface area contributed by atoms with E-state index < -0.39 is 0 Å². The maximum Gasteiger partial charge on any atom is 0.206 e. The van der Waals surface area contributed by atoms with Crippen molar-refractivity contribution in [3.05, 3.63) is 46.7 Å². The van der Waals surface area contributed by atoms with Crippen molar-refractivity contribution in [2.24, 2.45) is 11.3 Å². The third kappa shape index (κ3) is 4.46. The van der Waals surface area contributed by atoms with Crippen LogP contribution in [0.4, 0.5) is 5.95 Å². The van der Waals surface area contributed by atoms with Crippen LogP contribution in [0, 0.1) is 22.7 Å². The predicted octanol–water partition coefficient (Wildman–Crippen LogP) is 5.66. The predicted molar refractivity (Wildman–Crippen MR) is 136 cm³/mol. The Morgan fingerprint density at radius 2 is 1.97 bits per heavy atom. The van der Waals surface area contributed by atoms with Crippen LogP contribution in [-0.4, -0.2) is 47.2 Å². The largest absolute Gasteiger partial charge is 0.340 e. The first-order valence-corrected chi connectivity index (χ1v) is 12.8. The maximum absolute atomic E-state index is 10.1. The van der Waals surface area contributed by atoms with E-state index in [0.717, 1.165) is 70.0 Å². The highest BCUT2D eigenvalue weighted by Gasteiger charge is 2.38. The summed E-state index contributed by atoms with van der Waals surface area (Å²) < 4.78 is 2.33. The van der Waals surface area contributed by atoms with Gasteiger partial charge in [-0.25, -0.2) is 4.98 Å². The van der Waals surface area contributed by atoms with Crippen LogP contribution in [0.3, 0.4) is 0 Å². The summed E-state index contributed by atoms with van der Waals surface area (Å²) in [4.78, 5) is 11.2. The number of benzene rings is 1. The van der Waals surface area contributed by atoms with Crippen molar-refractivity contribution >= 4 is 28.7 Å². The zero-order chi connectivity index (χ0) is 22.6. The molecule has 2 aromatic rings. The van der Waals surface area contributed by atoms with Crippen molar-refractivity contribution in [3.63, 3.8) is 0 Å². The van der Waals surface area contributed by atoms with Gasteiger partial charge in [0.25, 0.3) is 0 Å². The lowest BCUT2D eigenvalue weighted by Crippen LogP contribution is -2.47. The molecule has 32 heavy (non-hydrogen) atoms. The fourth-order valence-corrected chi connectivity index (χ4v) is 6.13. The first kappa shape index (κ1) is 22.9. The lowest BCUT2D eigenvalue weighted by Gasteiger charge is -2.37. The summed E-state index contributed by atoms with van der Waals surface area (Å²) in [6.07, 6.45) is 7.36. The number of fused-ring (bicyclic) bond motifs is 1. The van der Waals surface area contributed by atoms with Gasteiger partial charge in [0.2, 0.25) is 5.95 Å². The second kappa shape index (κ2) is 10.1. The Balaban J connectivity index is 1.34. The topological polar surface area (TPSA) is 48.1 Å². The molecule has 0 bridgehead atoms. The molecule has 0 spiro atoms. The molecular formula is C26H35N5S. The van der Waals surface area contributed by atoms with Gasteiger partial charge in [0.05, 0.1) is 22.5 Å². The number of para-hydroxylation sites is 2. The Bertz CT molecular complexity index is 1020. The zero-order valence-corrected chi connectivity index (χ0v) is 20.4. The first-order chi connectivity index (χ1) is 15.6. The SMILES string of the molecule is CCn1c(N2CCN(CCCC(C#N)(C3=CCC=CS3)C(C)C)CC2)nc2ccccc21. The molecule has 1 fully saturated rings. The van der Waals surface area contributed by atoms with Gasteiger partial charge in [-0.05, 0) is 56.2 Å². The monoisotopic (exact) mass is 449 g/mol. The van der Waals surface area contributed by atoms with Crippen LogP contribution in [0.2, 0.25) is 0 Å². The van der Waals surface area contributed by atoms with Crippen LogP contribution >= 0.6 is 11.8 Å². The molecule has 1 atom stereocenters. The van der Waals surface area contributed by atoms with Crippen LogP contribution in [0.1, 0.15) is 40.0 Å². The van der Waals surface area contributed by atoms with E-state index in [0.29, 0.717) is 5.92 Å². The number of allylic oxidation sites excluding steroid dienone is 3. The second-order valence-electron chi connectivity index (χ2n) is 9.11. The van der Waals surface area contributed by atoms with E-state index in [-0.39, 0.29) is 5.41 Å². The number of thioether (sulfide) groups is 1. The molecule has 1 saturated heterocycles. The number of imidazole rings is 1. The van der Waals surface area contributed by atoms with Crippen LogP contribution < -0.4 is 4.90 Å². The van der Waals surface area contributed by atoms with Gasteiger partial charge in [-0.1, -0.05) is 38.1 Å². The Hall–Kier alpha value is -2.23. The van der Waals surface area contributed by atoms with E-state index in [2.05, 4.69) is 83.0 Å². The molecule has 0 amide bonds. The molecule has 2 aliphatic heterocycles. The van der Waals surface area contributed by atoms with Gasteiger partial charge in [-0.2, -0.15) is 5.26 Å². The highest BCUT2D eigenvalue weighted by atomic mass is 32.2. The van der Waals surface area contributed by atoms with E-state index in [9.17, 15) is 5.26 Å². The molecule has 1 aromatic carbocycles. The highest BCUT2D eigenvalue weighted by molar-refractivity contribution is 8.05. The van der Waals surface area contributed by atoms with Gasteiger partial charge in [0.15, 0.2) is 0 Å². The number of aromatic nitrogens is 2. The van der Waals surface area contributed by atoms with Crippen molar-refractivity contribution < 1.29 is 0 Å². The van der Waals surface area contributed by atoms with Crippen molar-refractivity contribution in [3.8, 4) is 6.07 Å². The number of nitrogens with zero attached hydrogens (tertiary/aromatic N) is 5. The number of aryl methyl sites for hydroxylation is 1. The van der Waals surface area contributed by atoms with Crippen LogP contribution in [0.5, 0.6) is 0 Å². The van der Waals surface area contributed by atoms with E-state index in [1.807, 2.05) is 0 Å². The van der Waals surface area contributed by atoms with E-state index in [4.69, 9.17) is 4.98 Å². The third-order valence-electron chi connectivity index (χ3n) is 7.01. The normalized spacial score (nSPS) is 19.2. The summed E-state index contributed by atoms with van der Waals surface area (Å²) in [6, 6.07) is 11.1. The Morgan fingerprint density at radius 1 is 1.19 bits per heavy atom. The minimum Gasteiger partial charge on any atom is -0.340 e. The molecule has 1 unspecified atom stereocenters. The summed E-state index contributed by atoms with van der Waals surface area (Å²) in [6.45, 7) is 12.7. The number of anilines is 1. The standard InChI is InChI=1S/C26H35N5S/c1-4-31-23-11-6-5-10-22(23)28-25(31)30-17-15-29(16-18-30)14-9-13-26(20-27,21(2)3)24-12-7-8-19-32-24/h5-6,8,10-12,19,21H,4,7,9,13-18H2,1-3H3. The summed E-state index contributed by atoms with van der Waals surface area (Å²) in [5.41, 5.74) is 1.94. The fraction of sp³-hybridized carbons (Fsp3) is 0.538. The number of piperazine rings is 1. The van der Waals surface area contributed by atoms with Crippen LogP contribution in [0.15, 0.2) is 46.7 Å². The Morgan fingerprint density at radius 3 is 2.62 bits per heavy atom. The second-order valence-corrected chi connectivity index (χ2v) is 10.1. The molecule has 170 valence electrons. The van der Waals surface area contributed by atoms with Crippen molar-refractivity contribution in [2.45, 2.75) is 46.6 Å². The number of hydrogen-bond acceptors (Lipinski definition) is 5. The lowest BCUT2D eigenvalue weighted by atomic mass is 9.74. The number of rotatable bonds is 8. The zero-order valence-electron chi connectivity index (χ0n) is 19.6. The number of hydrogen-bond donors (Lipinski definition) is 0. The molecule has 4 rings (SSSR count). The van der Waals surface area contributed by atoms with Crippen molar-refractivity contribution in [2.75, 3.05) is 37.6 Å². The smallest absolute Gasteiger partial charge is 0.206 e. The highest BCUT2D eigenvalue weighted by Crippen LogP contribution is 2.47. The van der Waals surface area contributed by atoms with Gasteiger partial charge in [-0.15, -0.1) is 11.8 Å². The fourth-order valence-electron chi connectivity index (χ4n) is 4.99. The van der Waals surface area contributed by atoms with Crippen LogP contribution in [0.25, 0.3) is 11.0 Å². The summed E-state index contributed by atoms with van der Waals surface area (Å²) in [7, 11) is 0. The summed E-state index contributed by atoms with van der Waals surface area (Å²) in [5, 5.41) is 12.3. The Labute approximate surface area is 196 Å². The number of nitriles is 1. The van der Waals surface area contributed by atoms with E-state index in [1.165, 1.54) is 10.4 Å². The third-order valence-corrected chi connectivity index (χ3v) is 8.12. The molecule has 0 saturated carbocycles. The minimum absolute atomic E-state index is 0.316. The molecule has 0 N–H and O–H groups in total. The van der Waals surface area contributed by atoms with Crippen molar-refractivity contribution in [1.29, 1.82) is 5.26 Å². The molecule has 2 aliphatic rings. The summed E-state index contributed by atoms with van der Waals surface area (Å²) in [5.74, 6) is 1.42. The maximum atomic E-state index is 10.1. The van der Waals surface area contributed by atoms with Gasteiger partial charge < -0.3 is 9.47 Å².